The van der Waals surface area contributed by atoms with Gasteiger partial charge in [0.15, 0.2) is 5.82 Å². The van der Waals surface area contributed by atoms with E-state index in [9.17, 15) is 33.8 Å². The summed E-state index contributed by atoms with van der Waals surface area (Å²) < 4.78 is 16.7. The molecule has 20 nitrogen and oxygen atoms in total. The van der Waals surface area contributed by atoms with Gasteiger partial charge in [0.05, 0.1) is 23.7 Å². The quantitative estimate of drug-likeness (QED) is 0.0785. The molecule has 8 heterocycles. The second kappa shape index (κ2) is 20.0. The fourth-order valence-electron chi connectivity index (χ4n) is 12.1. The van der Waals surface area contributed by atoms with Gasteiger partial charge in [-0.3, -0.25) is 24.2 Å². The number of piperazine rings is 2. The third kappa shape index (κ3) is 9.86. The van der Waals surface area contributed by atoms with Crippen LogP contribution in [0.4, 0.5) is 40.2 Å². The van der Waals surface area contributed by atoms with Crippen LogP contribution in [0.2, 0.25) is 0 Å². The van der Waals surface area contributed by atoms with Crippen LogP contribution in [0, 0.1) is 5.41 Å². The molecule has 3 fully saturated rings. The number of aryl methyl sites for hydroxylation is 1. The second-order valence-corrected chi connectivity index (χ2v) is 23.1. The molecule has 4 aromatic heterocycles. The SMILES string of the molecule is C=CC(=O)Nc1cc(Nc2nc(-c3ccnc(N4CCn5c(cc6c5CC(C)(C)C6)C4=O)c3CO)cn(C)c2=O)ccc1N1CCN(C2CCN(c3ccnc(N4CCN(P(=O)(O)O)C[C@@H]4C)c3)[C@@H](C)C2)C[C@@H]1C. The summed E-state index contributed by atoms with van der Waals surface area (Å²) in [5.41, 5.74) is 7.19. The first-order valence-corrected chi connectivity index (χ1v) is 27.2. The van der Waals surface area contributed by atoms with E-state index < -0.39 is 14.4 Å². The number of benzene rings is 1. The number of hydrogen-bond acceptors (Lipinski definition) is 13. The molecular weight excluding hydrogens is 962 g/mol. The van der Waals surface area contributed by atoms with Crippen LogP contribution in [0.1, 0.15) is 74.8 Å². The highest BCUT2D eigenvalue weighted by Crippen LogP contribution is 2.43. The maximum Gasteiger partial charge on any atom is 0.403 e. The third-order valence-corrected chi connectivity index (χ3v) is 16.9. The van der Waals surface area contributed by atoms with Crippen LogP contribution >= 0.6 is 7.75 Å². The zero-order valence-electron chi connectivity index (χ0n) is 43.1. The molecular formula is C53H68N13O7P. The molecule has 2 amide bonds. The lowest BCUT2D eigenvalue weighted by Crippen LogP contribution is -2.58. The Balaban J connectivity index is 0.825. The third-order valence-electron chi connectivity index (χ3n) is 15.8. The predicted octanol–water partition coefficient (Wildman–Crippen LogP) is 5.36. The first kappa shape index (κ1) is 51.1. The van der Waals surface area contributed by atoms with E-state index in [4.69, 9.17) is 4.98 Å². The first-order chi connectivity index (χ1) is 35.3. The average molecular weight is 1030 g/mol. The Bertz CT molecular complexity index is 3120. The molecule has 5 N–H and O–H groups in total. The summed E-state index contributed by atoms with van der Waals surface area (Å²) in [7, 11) is -2.67. The molecule has 0 bridgehead atoms. The van der Waals surface area contributed by atoms with Crippen molar-refractivity contribution in [3.05, 3.63) is 107 Å². The van der Waals surface area contributed by atoms with Crippen molar-refractivity contribution in [3.63, 3.8) is 0 Å². The molecule has 10 rings (SSSR count). The number of pyridine rings is 2. The van der Waals surface area contributed by atoms with Crippen LogP contribution in [0.25, 0.3) is 11.3 Å². The Kier molecular flexibility index (Phi) is 13.8. The molecule has 0 spiro atoms. The van der Waals surface area contributed by atoms with Crippen molar-refractivity contribution in [2.45, 2.75) is 97.6 Å². The van der Waals surface area contributed by atoms with Crippen molar-refractivity contribution in [1.82, 2.24) is 33.7 Å². The number of aromatic nitrogens is 5. The molecule has 3 saturated heterocycles. The van der Waals surface area contributed by atoms with E-state index in [2.05, 4.69) is 85.1 Å². The van der Waals surface area contributed by atoms with Crippen molar-refractivity contribution in [1.29, 1.82) is 0 Å². The van der Waals surface area contributed by atoms with E-state index in [0.717, 1.165) is 69.1 Å². The first-order valence-electron chi connectivity index (χ1n) is 25.7. The van der Waals surface area contributed by atoms with E-state index in [-0.39, 0.29) is 59.8 Å². The fraction of sp³-hybridized carbons (Fsp3) is 0.472. The van der Waals surface area contributed by atoms with Gasteiger partial charge in [-0.25, -0.2) is 24.2 Å². The zero-order chi connectivity index (χ0) is 52.4. The van der Waals surface area contributed by atoms with E-state index in [1.807, 2.05) is 37.4 Å². The molecule has 0 radical (unpaired) electrons. The van der Waals surface area contributed by atoms with E-state index in [0.29, 0.717) is 65.4 Å². The number of anilines is 7. The number of rotatable bonds is 12. The topological polar surface area (TPSA) is 221 Å². The minimum absolute atomic E-state index is 0.0330. The number of nitrogens with one attached hydrogen (secondary N) is 2. The Morgan fingerprint density at radius 3 is 2.39 bits per heavy atom. The van der Waals surface area contributed by atoms with Gasteiger partial charge in [0.2, 0.25) is 5.91 Å². The number of carbonyl (C=O) groups is 2. The summed E-state index contributed by atoms with van der Waals surface area (Å²) in [5.74, 6) is 0.653. The number of aliphatic hydroxyl groups is 1. The molecule has 4 atom stereocenters. The van der Waals surface area contributed by atoms with Gasteiger partial charge in [-0.2, -0.15) is 0 Å². The molecule has 5 aromatic rings. The zero-order valence-corrected chi connectivity index (χ0v) is 44.0. The van der Waals surface area contributed by atoms with Crippen molar-refractivity contribution >= 4 is 59.8 Å². The lowest BCUT2D eigenvalue weighted by Gasteiger charge is -2.48. The monoisotopic (exact) mass is 1030 g/mol. The summed E-state index contributed by atoms with van der Waals surface area (Å²) in [6.07, 6.45) is 10.1. The molecule has 1 unspecified atom stereocenters. The molecule has 1 aliphatic carbocycles. The van der Waals surface area contributed by atoms with Gasteiger partial charge in [-0.15, -0.1) is 0 Å². The number of carbonyl (C=O) groups excluding carboxylic acids is 2. The molecule has 5 aliphatic rings. The van der Waals surface area contributed by atoms with Gasteiger partial charge in [0.25, 0.3) is 11.5 Å². The van der Waals surface area contributed by atoms with Gasteiger partial charge in [-0.05, 0) is 99.9 Å². The van der Waals surface area contributed by atoms with Gasteiger partial charge < -0.3 is 49.4 Å². The summed E-state index contributed by atoms with van der Waals surface area (Å²) in [4.78, 5) is 85.4. The minimum atomic E-state index is -4.30. The predicted molar refractivity (Wildman–Crippen MR) is 287 cm³/mol. The fourth-order valence-corrected chi connectivity index (χ4v) is 12.9. The lowest BCUT2D eigenvalue weighted by atomic mass is 9.90. The van der Waals surface area contributed by atoms with E-state index >= 15 is 0 Å². The van der Waals surface area contributed by atoms with Gasteiger partial charge in [0, 0.05) is 143 Å². The lowest BCUT2D eigenvalue weighted by molar-refractivity contribution is -0.111. The maximum absolute atomic E-state index is 14.1. The summed E-state index contributed by atoms with van der Waals surface area (Å²) >= 11 is 0. The van der Waals surface area contributed by atoms with Crippen molar-refractivity contribution in [2.24, 2.45) is 12.5 Å². The number of fused-ring (bicyclic) bond motifs is 3. The van der Waals surface area contributed by atoms with Gasteiger partial charge >= 0.3 is 7.75 Å². The summed E-state index contributed by atoms with van der Waals surface area (Å²) in [6, 6.07) is 14.1. The van der Waals surface area contributed by atoms with Crippen molar-refractivity contribution in [3.8, 4) is 11.3 Å². The molecule has 74 heavy (non-hydrogen) atoms. The number of piperidine rings is 1. The maximum atomic E-state index is 14.1. The highest BCUT2D eigenvalue weighted by molar-refractivity contribution is 7.49. The van der Waals surface area contributed by atoms with Gasteiger partial charge in [-0.1, -0.05) is 20.4 Å². The van der Waals surface area contributed by atoms with Crippen LogP contribution < -0.4 is 35.8 Å². The van der Waals surface area contributed by atoms with Crippen LogP contribution in [0.15, 0.2) is 78.5 Å². The van der Waals surface area contributed by atoms with Gasteiger partial charge in [0.1, 0.15) is 17.3 Å². The molecule has 1 aromatic carbocycles. The highest BCUT2D eigenvalue weighted by atomic mass is 31.2. The largest absolute Gasteiger partial charge is 0.403 e. The summed E-state index contributed by atoms with van der Waals surface area (Å²) in [6.45, 7) is 19.5. The van der Waals surface area contributed by atoms with Crippen LogP contribution in [-0.2, 0) is 42.4 Å². The normalized spacial score (nSPS) is 22.4. The summed E-state index contributed by atoms with van der Waals surface area (Å²) in [5, 5.41) is 17.1. The highest BCUT2D eigenvalue weighted by Gasteiger charge is 2.39. The molecule has 0 saturated carbocycles. The Morgan fingerprint density at radius 1 is 0.892 bits per heavy atom. The Hall–Kier alpha value is -6.41. The molecule has 21 heteroatoms. The number of amides is 2. The Morgan fingerprint density at radius 2 is 1.66 bits per heavy atom. The van der Waals surface area contributed by atoms with Crippen molar-refractivity contribution < 1.29 is 29.0 Å². The molecule has 392 valence electrons. The smallest absolute Gasteiger partial charge is 0.392 e. The van der Waals surface area contributed by atoms with Crippen LogP contribution in [-0.4, -0.2) is 137 Å². The van der Waals surface area contributed by atoms with Crippen LogP contribution in [0.5, 0.6) is 0 Å². The van der Waals surface area contributed by atoms with E-state index in [1.165, 1.54) is 26.6 Å². The minimum Gasteiger partial charge on any atom is -0.392 e. The number of nitrogens with zero attached hydrogens (tertiary/aromatic N) is 11. The Labute approximate surface area is 431 Å². The molecule has 4 aliphatic heterocycles. The number of hydrogen-bond donors (Lipinski definition) is 5. The standard InChI is InChI=1S/C53H68N13O7P/c1-8-48(68)57-42-25-37(56-49-52(70)59(7)31-43(58-49)40-12-15-55-50(41(40)32-67)66-22-21-65-45(51(66)69)24-36-27-53(5,6)28-46(36)65)9-10-44(42)63-19-17-60(29-34(63)3)38-13-16-62(33(2)23-38)39-11-14-54-47(26-39)64-20-18-61(30-35(64)4)74(71,72)73/h8-12,14-15,24-26,31,33-35,38,67H,1,13,16-23,27-30,32H2,2-7H3,(H,56,58)(H,57,68)(H2,71,72,73)/t33-,34-,35-,38?/m0/s1. The van der Waals surface area contributed by atoms with E-state index in [1.54, 1.807) is 36.5 Å². The average Bonchev–Trinajstić information content (AvgIpc) is 3.87. The number of aliphatic hydroxyl groups excluding tert-OH is 1. The second-order valence-electron chi connectivity index (χ2n) is 21.5. The van der Waals surface area contributed by atoms with Crippen LogP contribution in [0.3, 0.4) is 0 Å². The van der Waals surface area contributed by atoms with Crippen molar-refractivity contribution in [2.75, 3.05) is 82.6 Å².